The van der Waals surface area contributed by atoms with Crippen LogP contribution in [0, 0.1) is 0 Å². The quantitative estimate of drug-likeness (QED) is 0.730. The number of amides is 1. The molecule has 0 aliphatic carbocycles. The number of carbonyl (C=O) groups excluding carboxylic acids is 1. The van der Waals surface area contributed by atoms with E-state index in [0.717, 1.165) is 12.8 Å². The standard InChI is InChI=1S/C11H20NO4P/c1-4-10-11(7-8(2)15-10)16-17-12(9(3)13)5-6-14-17/h8,10-11H,4-7H2,1-3H3. The molecule has 98 valence electrons. The lowest BCUT2D eigenvalue weighted by Gasteiger charge is -2.24. The fraction of sp³-hybridized carbons (Fsp3) is 0.909. The van der Waals surface area contributed by atoms with Crippen LogP contribution >= 0.6 is 8.53 Å². The Labute approximate surface area is 103 Å². The van der Waals surface area contributed by atoms with Gasteiger partial charge in [-0.25, -0.2) is 0 Å². The van der Waals surface area contributed by atoms with E-state index in [0.29, 0.717) is 13.2 Å². The molecule has 17 heavy (non-hydrogen) atoms. The van der Waals surface area contributed by atoms with E-state index < -0.39 is 8.53 Å². The first-order chi connectivity index (χ1) is 8.11. The van der Waals surface area contributed by atoms with Gasteiger partial charge in [0.25, 0.3) is 8.53 Å². The summed E-state index contributed by atoms with van der Waals surface area (Å²) in [7, 11) is -1.21. The number of carbonyl (C=O) groups is 1. The first-order valence-corrected chi connectivity index (χ1v) is 7.28. The molecule has 0 bridgehead atoms. The second-order valence-corrected chi connectivity index (χ2v) is 5.91. The van der Waals surface area contributed by atoms with Crippen molar-refractivity contribution >= 4 is 14.4 Å². The predicted octanol–water partition coefficient (Wildman–Crippen LogP) is 2.06. The Bertz CT molecular complexity index is 289. The summed E-state index contributed by atoms with van der Waals surface area (Å²) in [6, 6.07) is 0. The van der Waals surface area contributed by atoms with Gasteiger partial charge in [-0.05, 0) is 13.3 Å². The largest absolute Gasteiger partial charge is 0.372 e. The van der Waals surface area contributed by atoms with Gasteiger partial charge in [0, 0.05) is 13.3 Å². The fourth-order valence-corrected chi connectivity index (χ4v) is 3.70. The minimum absolute atomic E-state index is 0.0219. The maximum Gasteiger partial charge on any atom is 0.292 e. The van der Waals surface area contributed by atoms with Gasteiger partial charge in [0.15, 0.2) is 0 Å². The van der Waals surface area contributed by atoms with Crippen LogP contribution in [0.1, 0.15) is 33.6 Å². The summed E-state index contributed by atoms with van der Waals surface area (Å²) in [4.78, 5) is 11.4. The van der Waals surface area contributed by atoms with Crippen molar-refractivity contribution in [2.45, 2.75) is 51.9 Å². The molecule has 2 rings (SSSR count). The SMILES string of the molecule is CCC1OC(C)CC1OP1OCCN1C(C)=O. The molecule has 0 saturated carbocycles. The number of hydrogen-bond acceptors (Lipinski definition) is 4. The number of hydrogen-bond donors (Lipinski definition) is 0. The van der Waals surface area contributed by atoms with Crippen molar-refractivity contribution in [2.24, 2.45) is 0 Å². The summed E-state index contributed by atoms with van der Waals surface area (Å²) < 4.78 is 18.9. The van der Waals surface area contributed by atoms with E-state index in [1.54, 1.807) is 11.6 Å². The topological polar surface area (TPSA) is 48.0 Å². The van der Waals surface area contributed by atoms with Crippen LogP contribution in [-0.2, 0) is 18.6 Å². The number of nitrogens with zero attached hydrogens (tertiary/aromatic N) is 1. The molecule has 1 amide bonds. The molecule has 0 spiro atoms. The minimum atomic E-state index is -1.21. The summed E-state index contributed by atoms with van der Waals surface area (Å²) >= 11 is 0. The van der Waals surface area contributed by atoms with E-state index in [4.69, 9.17) is 13.8 Å². The molecule has 4 unspecified atom stereocenters. The first-order valence-electron chi connectivity index (χ1n) is 6.15. The maximum atomic E-state index is 11.4. The third-order valence-electron chi connectivity index (χ3n) is 3.08. The van der Waals surface area contributed by atoms with Gasteiger partial charge in [-0.15, -0.1) is 0 Å². The lowest BCUT2D eigenvalue weighted by atomic mass is 10.1. The van der Waals surface area contributed by atoms with Gasteiger partial charge < -0.3 is 13.8 Å². The number of ether oxygens (including phenoxy) is 1. The van der Waals surface area contributed by atoms with Crippen molar-refractivity contribution in [1.29, 1.82) is 0 Å². The summed E-state index contributed by atoms with van der Waals surface area (Å²) in [6.07, 6.45) is 2.23. The zero-order valence-electron chi connectivity index (χ0n) is 10.6. The average Bonchev–Trinajstić information content (AvgIpc) is 2.85. The molecule has 6 heteroatoms. The Balaban J connectivity index is 1.93. The van der Waals surface area contributed by atoms with Gasteiger partial charge in [0.1, 0.15) is 0 Å². The van der Waals surface area contributed by atoms with Gasteiger partial charge in [-0.3, -0.25) is 9.46 Å². The Kier molecular flexibility index (Phi) is 4.36. The molecule has 2 fully saturated rings. The van der Waals surface area contributed by atoms with E-state index >= 15 is 0 Å². The zero-order chi connectivity index (χ0) is 12.4. The molecule has 0 N–H and O–H groups in total. The van der Waals surface area contributed by atoms with E-state index in [9.17, 15) is 4.79 Å². The molecule has 0 radical (unpaired) electrons. The minimum Gasteiger partial charge on any atom is -0.372 e. The molecule has 4 atom stereocenters. The van der Waals surface area contributed by atoms with Crippen LogP contribution < -0.4 is 0 Å². The van der Waals surface area contributed by atoms with Crippen LogP contribution in [0.5, 0.6) is 0 Å². The van der Waals surface area contributed by atoms with Crippen molar-refractivity contribution in [3.05, 3.63) is 0 Å². The van der Waals surface area contributed by atoms with E-state index in [2.05, 4.69) is 13.8 Å². The van der Waals surface area contributed by atoms with Crippen LogP contribution in [0.2, 0.25) is 0 Å². The highest BCUT2D eigenvalue weighted by Crippen LogP contribution is 2.49. The molecule has 5 nitrogen and oxygen atoms in total. The summed E-state index contributed by atoms with van der Waals surface area (Å²) in [5.74, 6) is 0.0219. The lowest BCUT2D eigenvalue weighted by Crippen LogP contribution is -2.26. The summed E-state index contributed by atoms with van der Waals surface area (Å²) in [6.45, 7) is 6.91. The summed E-state index contributed by atoms with van der Waals surface area (Å²) in [5, 5.41) is 0. The average molecular weight is 261 g/mol. The molecule has 0 aromatic heterocycles. The van der Waals surface area contributed by atoms with Crippen LogP contribution in [0.15, 0.2) is 0 Å². The lowest BCUT2D eigenvalue weighted by molar-refractivity contribution is -0.124. The van der Waals surface area contributed by atoms with Crippen molar-refractivity contribution < 1.29 is 18.6 Å². The van der Waals surface area contributed by atoms with Gasteiger partial charge >= 0.3 is 0 Å². The Morgan fingerprint density at radius 3 is 3.00 bits per heavy atom. The second-order valence-electron chi connectivity index (χ2n) is 4.49. The smallest absolute Gasteiger partial charge is 0.292 e. The first kappa shape index (κ1) is 13.2. The monoisotopic (exact) mass is 261 g/mol. The predicted molar refractivity (Wildman–Crippen MR) is 64.4 cm³/mol. The maximum absolute atomic E-state index is 11.4. The highest BCUT2D eigenvalue weighted by Gasteiger charge is 2.39. The molecule has 0 aromatic rings. The van der Waals surface area contributed by atoms with Crippen molar-refractivity contribution in [1.82, 2.24) is 4.67 Å². The van der Waals surface area contributed by atoms with Crippen LogP contribution in [0.4, 0.5) is 0 Å². The Morgan fingerprint density at radius 2 is 2.35 bits per heavy atom. The number of rotatable bonds is 3. The van der Waals surface area contributed by atoms with E-state index in [1.807, 2.05) is 0 Å². The Morgan fingerprint density at radius 1 is 1.59 bits per heavy atom. The zero-order valence-corrected chi connectivity index (χ0v) is 11.5. The highest BCUT2D eigenvalue weighted by molar-refractivity contribution is 7.45. The molecule has 0 aromatic carbocycles. The van der Waals surface area contributed by atoms with Gasteiger partial charge in [-0.2, -0.15) is 0 Å². The fourth-order valence-electron chi connectivity index (χ4n) is 2.22. The third kappa shape index (κ3) is 2.97. The van der Waals surface area contributed by atoms with Crippen LogP contribution in [0.25, 0.3) is 0 Å². The molecule has 2 aliphatic rings. The van der Waals surface area contributed by atoms with Gasteiger partial charge in [-0.1, -0.05) is 6.92 Å². The highest BCUT2D eigenvalue weighted by atomic mass is 31.2. The van der Waals surface area contributed by atoms with E-state index in [1.165, 1.54) is 0 Å². The second kappa shape index (κ2) is 5.61. The van der Waals surface area contributed by atoms with Crippen molar-refractivity contribution in [3.8, 4) is 0 Å². The molecule has 2 aliphatic heterocycles. The normalized spacial score (nSPS) is 37.7. The molecular formula is C11H20NO4P. The van der Waals surface area contributed by atoms with Crippen molar-refractivity contribution in [2.75, 3.05) is 13.2 Å². The molecule has 2 saturated heterocycles. The molecular weight excluding hydrogens is 241 g/mol. The third-order valence-corrected chi connectivity index (χ3v) is 4.81. The van der Waals surface area contributed by atoms with Crippen LogP contribution in [-0.4, -0.2) is 42.0 Å². The van der Waals surface area contributed by atoms with E-state index in [-0.39, 0.29) is 24.2 Å². The summed E-state index contributed by atoms with van der Waals surface area (Å²) in [5.41, 5.74) is 0. The molecule has 2 heterocycles. The Hall–Kier alpha value is -0.220. The van der Waals surface area contributed by atoms with Crippen molar-refractivity contribution in [3.63, 3.8) is 0 Å². The van der Waals surface area contributed by atoms with Gasteiger partial charge in [0.2, 0.25) is 5.91 Å². The van der Waals surface area contributed by atoms with Gasteiger partial charge in [0.05, 0.1) is 31.5 Å². The van der Waals surface area contributed by atoms with Crippen LogP contribution in [0.3, 0.4) is 0 Å².